The number of carboxylic acid groups (broad SMARTS) is 1. The van der Waals surface area contributed by atoms with Gasteiger partial charge in [-0.25, -0.2) is 9.36 Å². The van der Waals surface area contributed by atoms with Crippen LogP contribution in [0.1, 0.15) is 174 Å². The number of carbonyl (C=O) groups excluding carboxylic acids is 2. The summed E-state index contributed by atoms with van der Waals surface area (Å²) in [6, 6.07) is -1.59. The molecule has 0 radical (unpaired) electrons. The molecular weight excluding hydrogens is 794 g/mol. The topological polar surface area (TPSA) is 169 Å². The summed E-state index contributed by atoms with van der Waals surface area (Å²) in [5.41, 5.74) is 0. The molecule has 0 aromatic heterocycles. The quantitative estimate of drug-likeness (QED) is 0.0200. The monoisotopic (exact) mass is 876 g/mol. The van der Waals surface area contributed by atoms with Crippen molar-refractivity contribution in [2.75, 3.05) is 19.8 Å². The Balaban J connectivity index is 4.00. The van der Waals surface area contributed by atoms with Crippen LogP contribution >= 0.6 is 7.82 Å². The first kappa shape index (κ1) is 57.7. The van der Waals surface area contributed by atoms with Crippen molar-refractivity contribution in [2.45, 2.75) is 187 Å². The predicted molar refractivity (Wildman–Crippen MR) is 249 cm³/mol. The van der Waals surface area contributed by atoms with E-state index in [0.29, 0.717) is 19.3 Å². The Bertz CT molecular complexity index is 1350. The standard InChI is InChI=1S/C49H82NO10P/c1-3-5-7-9-11-13-15-17-19-21-23-24-26-28-30-32-34-36-38-40-47(52)50-46(49(54)55)44-60-61(56,57)59-43-45(51)42-58-48(53)41-39-37-35-33-31-29-27-25-22-20-18-16-14-12-10-8-6-4-2/h5,7,11,13,17,19-20,22-24,28,30,34,36,45-46,51H,3-4,6,8-10,12,14-16,18,21,25-27,29,31-33,35,37-44H2,1-2H3,(H,50,52)(H,54,55)(H,56,57)/b7-5-,13-11-,19-17-,22-20-,24-23-,30-28-,36-34-. The number of carbonyl (C=O) groups is 3. The van der Waals surface area contributed by atoms with Crippen molar-refractivity contribution in [1.82, 2.24) is 5.32 Å². The summed E-state index contributed by atoms with van der Waals surface area (Å²) in [6.07, 6.45) is 53.4. The fourth-order valence-corrected chi connectivity index (χ4v) is 6.63. The van der Waals surface area contributed by atoms with Crippen molar-refractivity contribution >= 4 is 25.7 Å². The predicted octanol–water partition coefficient (Wildman–Crippen LogP) is 12.3. The minimum atomic E-state index is -4.78. The fraction of sp³-hybridized carbons (Fsp3) is 0.653. The van der Waals surface area contributed by atoms with Crippen LogP contribution in [0.3, 0.4) is 0 Å². The number of hydrogen-bond acceptors (Lipinski definition) is 8. The van der Waals surface area contributed by atoms with Gasteiger partial charge < -0.3 is 25.2 Å². The van der Waals surface area contributed by atoms with Gasteiger partial charge in [0.15, 0.2) is 6.04 Å². The zero-order chi connectivity index (χ0) is 44.9. The second-order valence-electron chi connectivity index (χ2n) is 15.2. The zero-order valence-electron chi connectivity index (χ0n) is 37.7. The molecule has 61 heavy (non-hydrogen) atoms. The van der Waals surface area contributed by atoms with Gasteiger partial charge in [0.05, 0.1) is 13.2 Å². The highest BCUT2D eigenvalue weighted by atomic mass is 31.2. The molecule has 0 aromatic rings. The number of amides is 1. The summed E-state index contributed by atoms with van der Waals surface area (Å²) in [5, 5.41) is 21.8. The van der Waals surface area contributed by atoms with Gasteiger partial charge in [-0.3, -0.25) is 18.6 Å². The van der Waals surface area contributed by atoms with Crippen LogP contribution in [0.2, 0.25) is 0 Å². The molecule has 0 saturated heterocycles. The number of phosphoric ester groups is 1. The Kier molecular flexibility index (Phi) is 40.9. The van der Waals surface area contributed by atoms with Gasteiger partial charge in [-0.1, -0.05) is 170 Å². The number of hydrogen-bond donors (Lipinski definition) is 4. The van der Waals surface area contributed by atoms with Gasteiger partial charge in [-0.15, -0.1) is 0 Å². The van der Waals surface area contributed by atoms with Crippen LogP contribution in [-0.4, -0.2) is 64.9 Å². The Morgan fingerprint density at radius 2 is 0.967 bits per heavy atom. The van der Waals surface area contributed by atoms with Crippen LogP contribution in [0.5, 0.6) is 0 Å². The van der Waals surface area contributed by atoms with Crippen molar-refractivity contribution in [1.29, 1.82) is 0 Å². The van der Waals surface area contributed by atoms with E-state index >= 15 is 0 Å². The molecule has 0 heterocycles. The smallest absolute Gasteiger partial charge is 0.472 e. The molecule has 1 amide bonds. The third kappa shape index (κ3) is 43.1. The van der Waals surface area contributed by atoms with E-state index in [-0.39, 0.29) is 12.8 Å². The number of nitrogens with one attached hydrogen (secondary N) is 1. The Morgan fingerprint density at radius 1 is 0.541 bits per heavy atom. The van der Waals surface area contributed by atoms with E-state index in [9.17, 15) is 34.1 Å². The third-order valence-corrected chi connectivity index (χ3v) is 10.4. The number of aliphatic hydroxyl groups is 1. The average molecular weight is 876 g/mol. The van der Waals surface area contributed by atoms with Crippen LogP contribution in [0.4, 0.5) is 0 Å². The number of allylic oxidation sites excluding steroid dienone is 14. The van der Waals surface area contributed by atoms with Crippen LogP contribution in [0.15, 0.2) is 85.1 Å². The Morgan fingerprint density at radius 3 is 1.46 bits per heavy atom. The second-order valence-corrected chi connectivity index (χ2v) is 16.7. The van der Waals surface area contributed by atoms with Crippen LogP contribution in [-0.2, 0) is 32.7 Å². The highest BCUT2D eigenvalue weighted by Crippen LogP contribution is 2.43. The van der Waals surface area contributed by atoms with Crippen molar-refractivity contribution in [3.05, 3.63) is 85.1 Å². The van der Waals surface area contributed by atoms with Crippen LogP contribution in [0, 0.1) is 0 Å². The van der Waals surface area contributed by atoms with Gasteiger partial charge in [0, 0.05) is 12.8 Å². The lowest BCUT2D eigenvalue weighted by Gasteiger charge is -2.18. The summed E-state index contributed by atoms with van der Waals surface area (Å²) in [7, 11) is -4.78. The number of carboxylic acids is 1. The lowest BCUT2D eigenvalue weighted by Crippen LogP contribution is -2.43. The molecule has 0 aliphatic carbocycles. The molecule has 11 nitrogen and oxygen atoms in total. The first-order chi connectivity index (χ1) is 29.6. The van der Waals surface area contributed by atoms with E-state index in [1.165, 1.54) is 70.6 Å². The molecule has 0 spiro atoms. The lowest BCUT2D eigenvalue weighted by molar-refractivity contribution is -0.147. The average Bonchev–Trinajstić information content (AvgIpc) is 3.24. The maximum absolute atomic E-state index is 12.3. The molecule has 0 aliphatic heterocycles. The first-order valence-corrected chi connectivity index (χ1v) is 24.6. The molecule has 12 heteroatoms. The molecule has 0 rings (SSSR count). The van der Waals surface area contributed by atoms with Crippen LogP contribution < -0.4 is 5.32 Å². The van der Waals surface area contributed by atoms with E-state index in [0.717, 1.165) is 57.8 Å². The Hall–Kier alpha value is -3.34. The van der Waals surface area contributed by atoms with Gasteiger partial charge >= 0.3 is 19.8 Å². The molecule has 0 bridgehead atoms. The molecule has 348 valence electrons. The number of esters is 1. The molecule has 3 atom stereocenters. The normalized spacial score (nSPS) is 14.4. The summed E-state index contributed by atoms with van der Waals surface area (Å²) in [4.78, 5) is 45.9. The van der Waals surface area contributed by atoms with Crippen molar-refractivity contribution < 1.29 is 47.8 Å². The molecule has 0 aromatic carbocycles. The molecule has 3 unspecified atom stereocenters. The largest absolute Gasteiger partial charge is 0.480 e. The highest BCUT2D eigenvalue weighted by Gasteiger charge is 2.28. The van der Waals surface area contributed by atoms with E-state index in [4.69, 9.17) is 13.8 Å². The molecule has 0 fully saturated rings. The summed E-state index contributed by atoms with van der Waals surface area (Å²) in [5.74, 6) is -2.50. The molecule has 0 saturated carbocycles. The number of aliphatic carboxylic acids is 1. The van der Waals surface area contributed by atoms with Crippen molar-refractivity contribution in [2.24, 2.45) is 0 Å². The molecular formula is C49H82NO10P. The van der Waals surface area contributed by atoms with Gasteiger partial charge in [-0.2, -0.15) is 0 Å². The summed E-state index contributed by atoms with van der Waals surface area (Å²) >= 11 is 0. The fourth-order valence-electron chi connectivity index (χ4n) is 5.86. The maximum atomic E-state index is 12.3. The number of aliphatic hydroxyl groups excluding tert-OH is 1. The van der Waals surface area contributed by atoms with Gasteiger partial charge in [-0.05, 0) is 77.0 Å². The minimum Gasteiger partial charge on any atom is -0.480 e. The van der Waals surface area contributed by atoms with E-state index in [2.05, 4.69) is 86.0 Å². The van der Waals surface area contributed by atoms with E-state index in [1.807, 2.05) is 18.2 Å². The summed E-state index contributed by atoms with van der Waals surface area (Å²) < 4.78 is 26.8. The number of unbranched alkanes of at least 4 members (excludes halogenated alkanes) is 14. The summed E-state index contributed by atoms with van der Waals surface area (Å²) in [6.45, 7) is 2.42. The molecule has 0 aliphatic rings. The number of phosphoric acid groups is 1. The van der Waals surface area contributed by atoms with Gasteiger partial charge in [0.1, 0.15) is 12.7 Å². The van der Waals surface area contributed by atoms with Crippen LogP contribution in [0.25, 0.3) is 0 Å². The van der Waals surface area contributed by atoms with Crippen molar-refractivity contribution in [3.8, 4) is 0 Å². The second kappa shape index (κ2) is 43.3. The Labute approximate surface area is 369 Å². The van der Waals surface area contributed by atoms with Crippen molar-refractivity contribution in [3.63, 3.8) is 0 Å². The van der Waals surface area contributed by atoms with E-state index < -0.39 is 57.6 Å². The van der Waals surface area contributed by atoms with Gasteiger partial charge in [0.2, 0.25) is 5.91 Å². The highest BCUT2D eigenvalue weighted by molar-refractivity contribution is 7.47. The van der Waals surface area contributed by atoms with E-state index in [1.54, 1.807) is 0 Å². The number of rotatable bonds is 42. The van der Waals surface area contributed by atoms with Gasteiger partial charge in [0.25, 0.3) is 0 Å². The SMILES string of the molecule is CC/C=C\C/C=C\C/C=C\C/C=C\C/C=C\C/C=C\CCC(=O)NC(COP(=O)(O)OCC(O)COC(=O)CCCCCCCCC/C=C\CCCCCCCCC)C(=O)O. The number of ether oxygens (including phenoxy) is 1. The molecule has 4 N–H and O–H groups in total. The maximum Gasteiger partial charge on any atom is 0.472 e. The lowest BCUT2D eigenvalue weighted by atomic mass is 10.1. The first-order valence-electron chi connectivity index (χ1n) is 23.1. The zero-order valence-corrected chi connectivity index (χ0v) is 38.6. The minimum absolute atomic E-state index is 0.0157. The third-order valence-electron chi connectivity index (χ3n) is 9.43.